The van der Waals surface area contributed by atoms with Crippen LogP contribution in [0.2, 0.25) is 0 Å². The minimum atomic E-state index is -0.579. The standard InChI is InChI=1S/C16H19F2N5S.HI/c17-11-3-4-13(18)14(9-11)22-15(19)20-6-5-12-10-24-16(21-12)23-7-1-2-8-23;/h3-4,9-10H,1-2,5-8H2,(H3,19,20,22);1H. The highest BCUT2D eigenvalue weighted by molar-refractivity contribution is 14.0. The Morgan fingerprint density at radius 3 is 2.84 bits per heavy atom. The Bertz CT molecular complexity index is 731. The van der Waals surface area contributed by atoms with Gasteiger partial charge in [-0.3, -0.25) is 4.99 Å². The lowest BCUT2D eigenvalue weighted by Crippen LogP contribution is -2.23. The lowest BCUT2D eigenvalue weighted by atomic mass is 10.3. The molecule has 0 atom stereocenters. The van der Waals surface area contributed by atoms with Crippen LogP contribution in [0.4, 0.5) is 19.6 Å². The molecule has 0 saturated carbocycles. The number of nitrogens with one attached hydrogen (secondary N) is 1. The molecule has 136 valence electrons. The van der Waals surface area contributed by atoms with Gasteiger partial charge in [0.25, 0.3) is 0 Å². The zero-order valence-corrected chi connectivity index (χ0v) is 16.7. The molecule has 0 aliphatic carbocycles. The monoisotopic (exact) mass is 479 g/mol. The van der Waals surface area contributed by atoms with Crippen LogP contribution < -0.4 is 16.0 Å². The van der Waals surface area contributed by atoms with E-state index in [0.717, 1.165) is 42.1 Å². The second-order valence-corrected chi connectivity index (χ2v) is 6.42. The second-order valence-electron chi connectivity index (χ2n) is 5.58. The van der Waals surface area contributed by atoms with Gasteiger partial charge in [-0.15, -0.1) is 35.3 Å². The number of anilines is 2. The summed E-state index contributed by atoms with van der Waals surface area (Å²) in [6.45, 7) is 2.57. The Morgan fingerprint density at radius 1 is 1.32 bits per heavy atom. The summed E-state index contributed by atoms with van der Waals surface area (Å²) in [7, 11) is 0. The van der Waals surface area contributed by atoms with E-state index in [1.807, 2.05) is 5.38 Å². The van der Waals surface area contributed by atoms with Crippen LogP contribution in [0.3, 0.4) is 0 Å². The van der Waals surface area contributed by atoms with Crippen LogP contribution in [0.1, 0.15) is 18.5 Å². The molecule has 1 fully saturated rings. The van der Waals surface area contributed by atoms with E-state index in [0.29, 0.717) is 13.0 Å². The Balaban J connectivity index is 0.00000225. The van der Waals surface area contributed by atoms with Gasteiger partial charge in [0, 0.05) is 37.5 Å². The summed E-state index contributed by atoms with van der Waals surface area (Å²) in [4.78, 5) is 11.0. The van der Waals surface area contributed by atoms with Crippen LogP contribution in [0, 0.1) is 11.6 Å². The third-order valence-electron chi connectivity index (χ3n) is 3.76. The molecule has 0 bridgehead atoms. The quantitative estimate of drug-likeness (QED) is 0.391. The molecule has 9 heteroatoms. The summed E-state index contributed by atoms with van der Waals surface area (Å²) >= 11 is 1.64. The minimum absolute atomic E-state index is 0. The number of guanidine groups is 1. The molecule has 0 amide bonds. The molecule has 1 aliphatic heterocycles. The Morgan fingerprint density at radius 2 is 2.08 bits per heavy atom. The van der Waals surface area contributed by atoms with Gasteiger partial charge < -0.3 is 16.0 Å². The lowest BCUT2D eigenvalue weighted by molar-refractivity contribution is 0.604. The second kappa shape index (κ2) is 9.27. The summed E-state index contributed by atoms with van der Waals surface area (Å²) in [5.74, 6) is -1.07. The molecule has 1 aliphatic rings. The molecule has 5 nitrogen and oxygen atoms in total. The first-order valence-corrected chi connectivity index (χ1v) is 8.71. The van der Waals surface area contributed by atoms with Crippen molar-refractivity contribution < 1.29 is 8.78 Å². The summed E-state index contributed by atoms with van der Waals surface area (Å²) in [5.41, 5.74) is 6.66. The van der Waals surface area contributed by atoms with Crippen LogP contribution in [-0.4, -0.2) is 30.6 Å². The Labute approximate surface area is 166 Å². The molecule has 3 rings (SSSR count). The fourth-order valence-corrected chi connectivity index (χ4v) is 3.44. The zero-order valence-electron chi connectivity index (χ0n) is 13.5. The molecule has 1 aromatic heterocycles. The van der Waals surface area contributed by atoms with Crippen LogP contribution in [0.5, 0.6) is 0 Å². The van der Waals surface area contributed by atoms with Gasteiger partial charge in [-0.1, -0.05) is 0 Å². The number of aromatic nitrogens is 1. The van der Waals surface area contributed by atoms with Gasteiger partial charge in [-0.25, -0.2) is 13.8 Å². The topological polar surface area (TPSA) is 66.5 Å². The largest absolute Gasteiger partial charge is 0.370 e. The number of hydrogen-bond donors (Lipinski definition) is 2. The average molecular weight is 479 g/mol. The lowest BCUT2D eigenvalue weighted by Gasteiger charge is -2.12. The highest BCUT2D eigenvalue weighted by atomic mass is 127. The van der Waals surface area contributed by atoms with Crippen molar-refractivity contribution in [3.05, 3.63) is 40.9 Å². The van der Waals surface area contributed by atoms with Crippen LogP contribution in [0.25, 0.3) is 0 Å². The van der Waals surface area contributed by atoms with Crippen molar-refractivity contribution in [2.45, 2.75) is 19.3 Å². The van der Waals surface area contributed by atoms with Crippen molar-refractivity contribution in [3.8, 4) is 0 Å². The van der Waals surface area contributed by atoms with E-state index < -0.39 is 11.6 Å². The van der Waals surface area contributed by atoms with Crippen molar-refractivity contribution in [2.24, 2.45) is 10.7 Å². The molecule has 2 aromatic rings. The van der Waals surface area contributed by atoms with Gasteiger partial charge in [0.15, 0.2) is 11.1 Å². The molecule has 0 spiro atoms. The fourth-order valence-electron chi connectivity index (χ4n) is 2.53. The smallest absolute Gasteiger partial charge is 0.193 e. The molecule has 0 radical (unpaired) electrons. The molecule has 3 N–H and O–H groups in total. The number of halogens is 3. The van der Waals surface area contributed by atoms with Crippen molar-refractivity contribution in [3.63, 3.8) is 0 Å². The predicted octanol–water partition coefficient (Wildman–Crippen LogP) is 3.61. The first-order chi connectivity index (χ1) is 11.6. The Kier molecular flexibility index (Phi) is 7.36. The van der Waals surface area contributed by atoms with E-state index in [1.54, 1.807) is 11.3 Å². The molecule has 1 aromatic carbocycles. The van der Waals surface area contributed by atoms with E-state index in [9.17, 15) is 8.78 Å². The third-order valence-corrected chi connectivity index (χ3v) is 4.71. The van der Waals surface area contributed by atoms with Crippen molar-refractivity contribution in [1.29, 1.82) is 0 Å². The van der Waals surface area contributed by atoms with E-state index in [-0.39, 0.29) is 35.6 Å². The predicted molar refractivity (Wildman–Crippen MR) is 109 cm³/mol. The number of thiazole rings is 1. The van der Waals surface area contributed by atoms with Gasteiger partial charge >= 0.3 is 0 Å². The van der Waals surface area contributed by atoms with Gasteiger partial charge in [-0.05, 0) is 25.0 Å². The first kappa shape index (κ1) is 19.8. The molecule has 25 heavy (non-hydrogen) atoms. The number of hydrogen-bond acceptors (Lipinski definition) is 4. The van der Waals surface area contributed by atoms with Crippen molar-refractivity contribution in [1.82, 2.24) is 4.98 Å². The zero-order chi connectivity index (χ0) is 16.9. The fraction of sp³-hybridized carbons (Fsp3) is 0.375. The minimum Gasteiger partial charge on any atom is -0.370 e. The van der Waals surface area contributed by atoms with Crippen molar-refractivity contribution in [2.75, 3.05) is 29.9 Å². The van der Waals surface area contributed by atoms with Crippen molar-refractivity contribution >= 4 is 52.1 Å². The van der Waals surface area contributed by atoms with Gasteiger partial charge in [0.1, 0.15) is 11.6 Å². The summed E-state index contributed by atoms with van der Waals surface area (Å²) in [5, 5.41) is 5.66. The average Bonchev–Trinajstić information content (AvgIpc) is 3.22. The van der Waals surface area contributed by atoms with Gasteiger partial charge in [0.2, 0.25) is 0 Å². The number of benzene rings is 1. The first-order valence-electron chi connectivity index (χ1n) is 7.83. The third kappa shape index (κ3) is 5.50. The van der Waals surface area contributed by atoms with Crippen LogP contribution in [0.15, 0.2) is 28.6 Å². The molecule has 1 saturated heterocycles. The molecular weight excluding hydrogens is 459 g/mol. The summed E-state index contributed by atoms with van der Waals surface area (Å²) in [6.07, 6.45) is 3.09. The number of aliphatic imine (C=N–C) groups is 1. The molecule has 2 heterocycles. The molecule has 0 unspecified atom stereocenters. The number of nitrogens with zero attached hydrogens (tertiary/aromatic N) is 3. The SMILES string of the molecule is I.NC(=NCCc1csc(N2CCCC2)n1)Nc1cc(F)ccc1F. The highest BCUT2D eigenvalue weighted by Gasteiger charge is 2.15. The summed E-state index contributed by atoms with van der Waals surface area (Å²) < 4.78 is 26.6. The van der Waals surface area contributed by atoms with E-state index in [2.05, 4.69) is 20.2 Å². The maximum atomic E-state index is 13.5. The highest BCUT2D eigenvalue weighted by Crippen LogP contribution is 2.24. The normalized spacial score (nSPS) is 14.5. The van der Waals surface area contributed by atoms with E-state index >= 15 is 0 Å². The van der Waals surface area contributed by atoms with E-state index in [4.69, 9.17) is 5.73 Å². The van der Waals surface area contributed by atoms with Crippen LogP contribution in [-0.2, 0) is 6.42 Å². The Hall–Kier alpha value is -1.49. The number of rotatable bonds is 5. The maximum Gasteiger partial charge on any atom is 0.193 e. The van der Waals surface area contributed by atoms with E-state index in [1.165, 1.54) is 12.8 Å². The van der Waals surface area contributed by atoms with Crippen LogP contribution >= 0.6 is 35.3 Å². The van der Waals surface area contributed by atoms with Gasteiger partial charge in [-0.2, -0.15) is 0 Å². The molecular formula is C16H20F2IN5S. The number of nitrogens with two attached hydrogens (primary N) is 1. The maximum absolute atomic E-state index is 13.5. The van der Waals surface area contributed by atoms with Gasteiger partial charge in [0.05, 0.1) is 11.4 Å². The summed E-state index contributed by atoms with van der Waals surface area (Å²) in [6, 6.07) is 3.13.